The van der Waals surface area contributed by atoms with Crippen LogP contribution in [0.3, 0.4) is 0 Å². The Morgan fingerprint density at radius 3 is 2.15 bits per heavy atom. The second-order valence-corrected chi connectivity index (χ2v) is 5.98. The van der Waals surface area contributed by atoms with Crippen molar-refractivity contribution in [2.45, 2.75) is 6.54 Å². The van der Waals surface area contributed by atoms with Gasteiger partial charge >= 0.3 is 5.69 Å². The first-order valence-electron chi connectivity index (χ1n) is 7.77. The first-order valence-corrected chi connectivity index (χ1v) is 7.77. The molecular weight excluding hydrogens is 338 g/mol. The quantitative estimate of drug-likeness (QED) is 0.593. The van der Waals surface area contributed by atoms with Crippen LogP contribution in [0.1, 0.15) is 26.4 Å². The molecule has 130 valence electrons. The minimum Gasteiger partial charge on any atom is -0.279 e. The minimum atomic E-state index is -0.553. The zero-order valence-corrected chi connectivity index (χ0v) is 14.0. The zero-order valence-electron chi connectivity index (χ0n) is 14.0. The van der Waals surface area contributed by atoms with Crippen molar-refractivity contribution in [2.75, 3.05) is 0 Å². The van der Waals surface area contributed by atoms with E-state index in [0.717, 1.165) is 9.47 Å². The molecule has 0 fully saturated rings. The molecule has 2 aromatic heterocycles. The number of hydrogen-bond acceptors (Lipinski definition) is 6. The van der Waals surface area contributed by atoms with Gasteiger partial charge in [0.1, 0.15) is 0 Å². The normalized spacial score (nSPS) is 13.5. The van der Waals surface area contributed by atoms with Crippen LogP contribution in [-0.2, 0) is 20.6 Å². The van der Waals surface area contributed by atoms with E-state index in [9.17, 15) is 19.2 Å². The maximum absolute atomic E-state index is 12.4. The van der Waals surface area contributed by atoms with Gasteiger partial charge in [-0.1, -0.05) is 12.1 Å². The summed E-state index contributed by atoms with van der Waals surface area (Å²) in [5.41, 5.74) is 0.0424. The molecule has 0 spiro atoms. The second-order valence-electron chi connectivity index (χ2n) is 5.98. The number of carbonyl (C=O) groups is 2. The number of imide groups is 1. The molecule has 0 saturated heterocycles. The molecule has 0 atom stereocenters. The number of aryl methyl sites for hydroxylation is 1. The minimum absolute atomic E-state index is 0.0423. The van der Waals surface area contributed by atoms with Crippen LogP contribution in [0, 0.1) is 0 Å². The van der Waals surface area contributed by atoms with Crippen molar-refractivity contribution >= 4 is 23.0 Å². The lowest BCUT2D eigenvalue weighted by Gasteiger charge is -2.14. The molecule has 3 heterocycles. The number of fused-ring (bicyclic) bond motifs is 2. The van der Waals surface area contributed by atoms with E-state index in [1.165, 1.54) is 24.9 Å². The molecule has 0 bridgehead atoms. The maximum atomic E-state index is 12.4. The van der Waals surface area contributed by atoms with Crippen LogP contribution in [0.5, 0.6) is 0 Å². The summed E-state index contributed by atoms with van der Waals surface area (Å²) in [6.45, 7) is -0.0985. The first kappa shape index (κ1) is 15.9. The second kappa shape index (κ2) is 5.45. The highest BCUT2D eigenvalue weighted by molar-refractivity contribution is 6.21. The lowest BCUT2D eigenvalue weighted by Crippen LogP contribution is -2.38. The predicted molar refractivity (Wildman–Crippen MR) is 90.7 cm³/mol. The Balaban J connectivity index is 1.78. The molecular formula is C17H13N5O4. The summed E-state index contributed by atoms with van der Waals surface area (Å²) in [4.78, 5) is 58.5. The van der Waals surface area contributed by atoms with Crippen molar-refractivity contribution in [3.63, 3.8) is 0 Å². The highest BCUT2D eigenvalue weighted by Crippen LogP contribution is 2.23. The van der Waals surface area contributed by atoms with Gasteiger partial charge in [-0.25, -0.2) is 14.8 Å². The summed E-state index contributed by atoms with van der Waals surface area (Å²) in [6.07, 6.45) is 1.33. The highest BCUT2D eigenvalue weighted by Gasteiger charge is 2.35. The van der Waals surface area contributed by atoms with Gasteiger partial charge in [-0.15, -0.1) is 0 Å². The van der Waals surface area contributed by atoms with Crippen LogP contribution in [0.15, 0.2) is 40.1 Å². The number of amides is 2. The molecule has 26 heavy (non-hydrogen) atoms. The fourth-order valence-electron chi connectivity index (χ4n) is 2.98. The monoisotopic (exact) mass is 351 g/mol. The molecule has 9 heteroatoms. The largest absolute Gasteiger partial charge is 0.332 e. The van der Waals surface area contributed by atoms with Gasteiger partial charge in [0.2, 0.25) is 0 Å². The molecule has 9 nitrogen and oxygen atoms in total. The van der Waals surface area contributed by atoms with Crippen molar-refractivity contribution < 1.29 is 9.59 Å². The summed E-state index contributed by atoms with van der Waals surface area (Å²) in [6, 6.07) is 6.56. The molecule has 1 aromatic carbocycles. The van der Waals surface area contributed by atoms with Gasteiger partial charge in [-0.3, -0.25) is 28.4 Å². The molecule has 0 saturated carbocycles. The molecule has 1 aliphatic rings. The number of hydrogen-bond donors (Lipinski definition) is 0. The molecule has 3 aromatic rings. The Bertz CT molecular complexity index is 1190. The number of carbonyl (C=O) groups excluding carboxylic acids is 2. The van der Waals surface area contributed by atoms with E-state index in [1.807, 2.05) is 0 Å². The summed E-state index contributed by atoms with van der Waals surface area (Å²) in [7, 11) is 2.84. The predicted octanol–water partition coefficient (Wildman–Crippen LogP) is -0.177. The van der Waals surface area contributed by atoms with Crippen LogP contribution < -0.4 is 11.2 Å². The van der Waals surface area contributed by atoms with E-state index in [2.05, 4.69) is 9.97 Å². The molecule has 2 amide bonds. The Labute approximate surface area is 146 Å². The molecule has 0 aliphatic carbocycles. The van der Waals surface area contributed by atoms with Gasteiger partial charge in [0.25, 0.3) is 17.4 Å². The molecule has 0 radical (unpaired) electrons. The van der Waals surface area contributed by atoms with Crippen LogP contribution in [-0.4, -0.2) is 35.8 Å². The summed E-state index contributed by atoms with van der Waals surface area (Å²) in [5.74, 6) is -0.823. The zero-order chi connectivity index (χ0) is 18.6. The fraction of sp³-hybridized carbons (Fsp3) is 0.176. The highest BCUT2D eigenvalue weighted by atomic mass is 16.2. The summed E-state index contributed by atoms with van der Waals surface area (Å²) in [5, 5.41) is 0. The standard InChI is InChI=1S/C17H13N5O4/c1-20-13-12(16(25)21(2)17(20)26)18-7-9(19-13)8-22-14(23)10-5-3-4-6-11(10)15(22)24/h3-7H,8H2,1-2H3. The third-order valence-corrected chi connectivity index (χ3v) is 4.40. The topological polar surface area (TPSA) is 107 Å². The van der Waals surface area contributed by atoms with Crippen LogP contribution >= 0.6 is 0 Å². The maximum Gasteiger partial charge on any atom is 0.332 e. The number of aromatic nitrogens is 4. The summed E-state index contributed by atoms with van der Waals surface area (Å²) < 4.78 is 2.15. The molecule has 0 unspecified atom stereocenters. The van der Waals surface area contributed by atoms with E-state index >= 15 is 0 Å². The van der Waals surface area contributed by atoms with Crippen molar-refractivity contribution in [2.24, 2.45) is 14.1 Å². The van der Waals surface area contributed by atoms with Gasteiger partial charge in [-0.2, -0.15) is 0 Å². The number of nitrogens with zero attached hydrogens (tertiary/aromatic N) is 5. The van der Waals surface area contributed by atoms with Gasteiger partial charge in [-0.05, 0) is 12.1 Å². The summed E-state index contributed by atoms with van der Waals surface area (Å²) >= 11 is 0. The molecule has 4 rings (SSSR count). The van der Waals surface area contributed by atoms with Crippen LogP contribution in [0.4, 0.5) is 0 Å². The lowest BCUT2D eigenvalue weighted by atomic mass is 10.1. The Kier molecular flexibility index (Phi) is 3.33. The Morgan fingerprint density at radius 1 is 0.923 bits per heavy atom. The van der Waals surface area contributed by atoms with Crippen LogP contribution in [0.25, 0.3) is 11.2 Å². The fourth-order valence-corrected chi connectivity index (χ4v) is 2.98. The Morgan fingerprint density at radius 2 is 1.54 bits per heavy atom. The molecule has 0 N–H and O–H groups in total. The van der Waals surface area contributed by atoms with Crippen molar-refractivity contribution in [1.82, 2.24) is 24.0 Å². The van der Waals surface area contributed by atoms with Gasteiger partial charge in [0.15, 0.2) is 11.2 Å². The van der Waals surface area contributed by atoms with E-state index in [0.29, 0.717) is 16.8 Å². The van der Waals surface area contributed by atoms with Crippen molar-refractivity contribution in [3.8, 4) is 0 Å². The van der Waals surface area contributed by atoms with E-state index in [1.54, 1.807) is 24.3 Å². The van der Waals surface area contributed by atoms with Crippen molar-refractivity contribution in [1.29, 1.82) is 0 Å². The first-order chi connectivity index (χ1) is 12.4. The van der Waals surface area contributed by atoms with Gasteiger partial charge in [0, 0.05) is 14.1 Å². The third-order valence-electron chi connectivity index (χ3n) is 4.40. The van der Waals surface area contributed by atoms with E-state index < -0.39 is 23.1 Å². The molecule has 1 aliphatic heterocycles. The lowest BCUT2D eigenvalue weighted by molar-refractivity contribution is 0.0640. The van der Waals surface area contributed by atoms with Crippen molar-refractivity contribution in [3.05, 3.63) is 68.1 Å². The third kappa shape index (κ3) is 2.10. The van der Waals surface area contributed by atoms with E-state index in [-0.39, 0.29) is 17.7 Å². The van der Waals surface area contributed by atoms with E-state index in [4.69, 9.17) is 0 Å². The average molecular weight is 351 g/mol. The van der Waals surface area contributed by atoms with Gasteiger partial charge < -0.3 is 0 Å². The number of benzene rings is 1. The SMILES string of the molecule is Cn1c(=O)c2ncc(CN3C(=O)c4ccccc4C3=O)nc2n(C)c1=O. The number of rotatable bonds is 2. The Hall–Kier alpha value is -3.62. The average Bonchev–Trinajstić information content (AvgIpc) is 2.90. The van der Waals surface area contributed by atoms with Gasteiger partial charge in [0.05, 0.1) is 29.6 Å². The van der Waals surface area contributed by atoms with Crippen LogP contribution in [0.2, 0.25) is 0 Å². The smallest absolute Gasteiger partial charge is 0.279 e.